The van der Waals surface area contributed by atoms with Crippen molar-refractivity contribution < 1.29 is 9.50 Å². The van der Waals surface area contributed by atoms with Crippen molar-refractivity contribution in [3.8, 4) is 0 Å². The molecule has 1 rings (SSSR count). The molecule has 0 aromatic rings. The minimum Gasteiger partial charge on any atom is -0.396 e. The lowest BCUT2D eigenvalue weighted by Crippen LogP contribution is -2.31. The van der Waals surface area contributed by atoms with Crippen LogP contribution in [-0.2, 0) is 0 Å². The molecule has 1 fully saturated rings. The van der Waals surface area contributed by atoms with E-state index >= 15 is 0 Å². The van der Waals surface area contributed by atoms with Crippen LogP contribution in [0.15, 0.2) is 0 Å². The summed E-state index contributed by atoms with van der Waals surface area (Å²) in [5.41, 5.74) is 0.0884. The molecule has 11 heavy (non-hydrogen) atoms. The quantitative estimate of drug-likeness (QED) is 0.623. The Hall–Kier alpha value is -0.110. The minimum atomic E-state index is -0.698. The highest BCUT2D eigenvalue weighted by Gasteiger charge is 2.33. The first-order chi connectivity index (χ1) is 5.03. The van der Waals surface area contributed by atoms with Crippen molar-refractivity contribution in [1.82, 2.24) is 0 Å². The van der Waals surface area contributed by atoms with Crippen LogP contribution in [0.5, 0.6) is 0 Å². The van der Waals surface area contributed by atoms with Crippen molar-refractivity contribution >= 4 is 0 Å². The van der Waals surface area contributed by atoms with Crippen LogP contribution in [0.25, 0.3) is 0 Å². The third kappa shape index (κ3) is 2.44. The van der Waals surface area contributed by atoms with E-state index < -0.39 is 6.17 Å². The summed E-state index contributed by atoms with van der Waals surface area (Å²) in [4.78, 5) is 0. The van der Waals surface area contributed by atoms with Crippen LogP contribution in [-0.4, -0.2) is 17.9 Å². The van der Waals surface area contributed by atoms with Crippen molar-refractivity contribution in [2.24, 2.45) is 11.3 Å². The standard InChI is InChI=1S/C9H17FO/c1-9(2)4-7(6-11)3-8(10)5-9/h7-8,11H,3-6H2,1-2H3. The van der Waals surface area contributed by atoms with Gasteiger partial charge < -0.3 is 5.11 Å². The summed E-state index contributed by atoms with van der Waals surface area (Å²) < 4.78 is 13.0. The number of hydrogen-bond acceptors (Lipinski definition) is 1. The first-order valence-electron chi connectivity index (χ1n) is 4.28. The fourth-order valence-electron chi connectivity index (χ4n) is 2.13. The van der Waals surface area contributed by atoms with Crippen LogP contribution in [0.4, 0.5) is 4.39 Å². The smallest absolute Gasteiger partial charge is 0.101 e. The first kappa shape index (κ1) is 8.98. The van der Waals surface area contributed by atoms with Gasteiger partial charge in [0.05, 0.1) is 0 Å². The lowest BCUT2D eigenvalue weighted by molar-refractivity contribution is 0.0611. The second-order valence-corrected chi connectivity index (χ2v) is 4.45. The Labute approximate surface area is 67.6 Å². The van der Waals surface area contributed by atoms with Gasteiger partial charge in [0.15, 0.2) is 0 Å². The monoisotopic (exact) mass is 160 g/mol. The molecule has 0 radical (unpaired) electrons. The third-order valence-electron chi connectivity index (χ3n) is 2.46. The molecule has 0 heterocycles. The zero-order valence-electron chi connectivity index (χ0n) is 7.31. The molecule has 66 valence electrons. The summed E-state index contributed by atoms with van der Waals surface area (Å²) in [5, 5.41) is 8.87. The number of halogens is 1. The molecule has 1 aliphatic carbocycles. The predicted molar refractivity (Wildman–Crippen MR) is 43.1 cm³/mol. The molecule has 0 saturated heterocycles. The summed E-state index contributed by atoms with van der Waals surface area (Å²) in [6.07, 6.45) is 1.48. The molecule has 1 aliphatic rings. The van der Waals surface area contributed by atoms with Crippen LogP contribution in [0, 0.1) is 11.3 Å². The second kappa shape index (κ2) is 3.10. The van der Waals surface area contributed by atoms with Gasteiger partial charge in [0.2, 0.25) is 0 Å². The van der Waals surface area contributed by atoms with Crippen LogP contribution in [0.3, 0.4) is 0 Å². The van der Waals surface area contributed by atoms with Gasteiger partial charge in [0, 0.05) is 6.61 Å². The van der Waals surface area contributed by atoms with Gasteiger partial charge in [-0.25, -0.2) is 4.39 Å². The van der Waals surface area contributed by atoms with Crippen molar-refractivity contribution in [3.05, 3.63) is 0 Å². The molecular weight excluding hydrogens is 143 g/mol. The van der Waals surface area contributed by atoms with Crippen molar-refractivity contribution in [2.45, 2.75) is 39.3 Å². The van der Waals surface area contributed by atoms with Gasteiger partial charge in [0.25, 0.3) is 0 Å². The van der Waals surface area contributed by atoms with Crippen LogP contribution in [0.1, 0.15) is 33.1 Å². The Morgan fingerprint density at radius 1 is 1.45 bits per heavy atom. The van der Waals surface area contributed by atoms with E-state index in [1.165, 1.54) is 0 Å². The zero-order valence-corrected chi connectivity index (χ0v) is 7.31. The number of aliphatic hydroxyl groups is 1. The highest BCUT2D eigenvalue weighted by Crippen LogP contribution is 2.39. The maximum Gasteiger partial charge on any atom is 0.101 e. The number of rotatable bonds is 1. The van der Waals surface area contributed by atoms with Gasteiger partial charge in [0.1, 0.15) is 6.17 Å². The normalized spacial score (nSPS) is 37.1. The Balaban J connectivity index is 2.51. The van der Waals surface area contributed by atoms with Crippen LogP contribution < -0.4 is 0 Å². The van der Waals surface area contributed by atoms with Crippen molar-refractivity contribution in [2.75, 3.05) is 6.61 Å². The third-order valence-corrected chi connectivity index (χ3v) is 2.46. The van der Waals surface area contributed by atoms with E-state index in [1.54, 1.807) is 0 Å². The molecule has 0 spiro atoms. The van der Waals surface area contributed by atoms with Gasteiger partial charge in [-0.2, -0.15) is 0 Å². The topological polar surface area (TPSA) is 20.2 Å². The van der Waals surface area contributed by atoms with Crippen LogP contribution in [0.2, 0.25) is 0 Å². The number of hydrogen-bond donors (Lipinski definition) is 1. The van der Waals surface area contributed by atoms with E-state index in [2.05, 4.69) is 13.8 Å². The molecule has 0 aromatic heterocycles. The molecule has 2 heteroatoms. The van der Waals surface area contributed by atoms with Crippen LogP contribution >= 0.6 is 0 Å². The lowest BCUT2D eigenvalue weighted by atomic mass is 9.72. The summed E-state index contributed by atoms with van der Waals surface area (Å²) in [7, 11) is 0. The molecular formula is C9H17FO. The predicted octanol–water partition coefficient (Wildman–Crippen LogP) is 2.14. The van der Waals surface area contributed by atoms with Gasteiger partial charge >= 0.3 is 0 Å². The molecule has 1 saturated carbocycles. The minimum absolute atomic E-state index is 0.0884. The SMILES string of the molecule is CC1(C)CC(F)CC(CO)C1. The maximum atomic E-state index is 13.0. The average molecular weight is 160 g/mol. The number of alkyl halides is 1. The molecule has 0 bridgehead atoms. The first-order valence-corrected chi connectivity index (χ1v) is 4.28. The van der Waals surface area contributed by atoms with E-state index in [0.29, 0.717) is 12.8 Å². The molecule has 2 unspecified atom stereocenters. The Morgan fingerprint density at radius 3 is 2.55 bits per heavy atom. The van der Waals surface area contributed by atoms with E-state index in [0.717, 1.165) is 6.42 Å². The summed E-state index contributed by atoms with van der Waals surface area (Å²) in [6.45, 7) is 4.28. The van der Waals surface area contributed by atoms with E-state index in [4.69, 9.17) is 5.11 Å². The van der Waals surface area contributed by atoms with Crippen molar-refractivity contribution in [3.63, 3.8) is 0 Å². The Bertz CT molecular complexity index is 134. The fraction of sp³-hybridized carbons (Fsp3) is 1.00. The fourth-order valence-corrected chi connectivity index (χ4v) is 2.13. The van der Waals surface area contributed by atoms with Gasteiger partial charge in [-0.05, 0) is 30.6 Å². The molecule has 0 aromatic carbocycles. The molecule has 0 amide bonds. The average Bonchev–Trinajstić information content (AvgIpc) is 1.83. The van der Waals surface area contributed by atoms with E-state index in [9.17, 15) is 4.39 Å². The highest BCUT2D eigenvalue weighted by atomic mass is 19.1. The van der Waals surface area contributed by atoms with Crippen molar-refractivity contribution in [1.29, 1.82) is 0 Å². The molecule has 1 nitrogen and oxygen atoms in total. The lowest BCUT2D eigenvalue weighted by Gasteiger charge is -2.36. The molecule has 2 atom stereocenters. The largest absolute Gasteiger partial charge is 0.396 e. The van der Waals surface area contributed by atoms with Gasteiger partial charge in [-0.3, -0.25) is 0 Å². The summed E-state index contributed by atoms with van der Waals surface area (Å²) in [6, 6.07) is 0. The highest BCUT2D eigenvalue weighted by molar-refractivity contribution is 4.83. The zero-order chi connectivity index (χ0) is 8.48. The Morgan fingerprint density at radius 2 is 2.09 bits per heavy atom. The van der Waals surface area contributed by atoms with Gasteiger partial charge in [-0.15, -0.1) is 0 Å². The maximum absolute atomic E-state index is 13.0. The summed E-state index contributed by atoms with van der Waals surface area (Å²) in [5.74, 6) is 0.189. The second-order valence-electron chi connectivity index (χ2n) is 4.45. The number of aliphatic hydroxyl groups excluding tert-OH is 1. The Kier molecular flexibility index (Phi) is 2.53. The summed E-state index contributed by atoms with van der Waals surface area (Å²) >= 11 is 0. The molecule has 1 N–H and O–H groups in total. The van der Waals surface area contributed by atoms with Gasteiger partial charge in [-0.1, -0.05) is 13.8 Å². The molecule has 0 aliphatic heterocycles. The van der Waals surface area contributed by atoms with E-state index in [-0.39, 0.29) is 17.9 Å². The van der Waals surface area contributed by atoms with E-state index in [1.807, 2.05) is 0 Å².